The highest BCUT2D eigenvalue weighted by Crippen LogP contribution is 2.34. The molecule has 0 unspecified atom stereocenters. The van der Waals surface area contributed by atoms with Crippen LogP contribution in [0.1, 0.15) is 11.5 Å². The summed E-state index contributed by atoms with van der Waals surface area (Å²) < 4.78 is 42.8. The molecule has 6 nitrogen and oxygen atoms in total. The van der Waals surface area contributed by atoms with Crippen LogP contribution in [0.4, 0.5) is 13.2 Å². The van der Waals surface area contributed by atoms with Crippen LogP contribution in [0.25, 0.3) is 33.6 Å². The molecule has 132 valence electrons. The van der Waals surface area contributed by atoms with E-state index < -0.39 is 12.1 Å². The largest absolute Gasteiger partial charge is 0.470 e. The van der Waals surface area contributed by atoms with E-state index in [-0.39, 0.29) is 11.6 Å². The molecule has 2 heterocycles. The molecule has 0 saturated heterocycles. The number of alkyl halides is 3. The zero-order chi connectivity index (χ0) is 18.5. The van der Waals surface area contributed by atoms with Crippen LogP contribution in [0.3, 0.4) is 0 Å². The number of nitrogens with one attached hydrogen (secondary N) is 2. The summed E-state index contributed by atoms with van der Waals surface area (Å²) in [6.45, 7) is 1.76. The molecule has 0 aliphatic heterocycles. The molecule has 4 rings (SSSR count). The molecule has 0 spiro atoms. The minimum absolute atomic E-state index is 0.201. The van der Waals surface area contributed by atoms with Crippen molar-refractivity contribution in [2.75, 3.05) is 0 Å². The van der Waals surface area contributed by atoms with Crippen molar-refractivity contribution in [2.24, 2.45) is 0 Å². The van der Waals surface area contributed by atoms with Crippen LogP contribution in [0.5, 0.6) is 0 Å². The van der Waals surface area contributed by atoms with Crippen molar-refractivity contribution in [1.82, 2.24) is 20.2 Å². The van der Waals surface area contributed by atoms with Crippen molar-refractivity contribution in [3.8, 4) is 22.6 Å². The first-order valence-corrected chi connectivity index (χ1v) is 7.56. The first-order valence-electron chi connectivity index (χ1n) is 7.56. The predicted octanol–water partition coefficient (Wildman–Crippen LogP) is 3.90. The molecule has 0 radical (unpaired) electrons. The van der Waals surface area contributed by atoms with Crippen molar-refractivity contribution in [3.63, 3.8) is 0 Å². The third-order valence-corrected chi connectivity index (χ3v) is 4.06. The molecule has 4 aromatic rings. The average molecular weight is 360 g/mol. The second-order valence-electron chi connectivity index (χ2n) is 5.73. The number of aromatic nitrogens is 4. The van der Waals surface area contributed by atoms with Gasteiger partial charge in [-0.1, -0.05) is 18.2 Å². The molecule has 2 N–H and O–H groups in total. The molecule has 9 heteroatoms. The summed E-state index contributed by atoms with van der Waals surface area (Å²) in [4.78, 5) is 16.7. The zero-order valence-electron chi connectivity index (χ0n) is 13.3. The normalized spacial score (nSPS) is 12.0. The van der Waals surface area contributed by atoms with Gasteiger partial charge < -0.3 is 14.4 Å². The van der Waals surface area contributed by atoms with Gasteiger partial charge in [-0.05, 0) is 41.8 Å². The third kappa shape index (κ3) is 2.67. The Labute approximate surface area is 143 Å². The van der Waals surface area contributed by atoms with Crippen molar-refractivity contribution in [1.29, 1.82) is 0 Å². The van der Waals surface area contributed by atoms with Gasteiger partial charge in [-0.2, -0.15) is 13.2 Å². The number of hydrogen-bond acceptors (Lipinski definition) is 4. The maximum Gasteiger partial charge on any atom is 0.470 e. The Kier molecular flexibility index (Phi) is 3.46. The maximum absolute atomic E-state index is 12.7. The van der Waals surface area contributed by atoms with Gasteiger partial charge >= 0.3 is 17.8 Å². The first kappa shape index (κ1) is 16.1. The topological polar surface area (TPSA) is 87.6 Å². The van der Waals surface area contributed by atoms with E-state index in [4.69, 9.17) is 4.42 Å². The number of nitrogens with zero attached hydrogens (tertiary/aromatic N) is 2. The lowest BCUT2D eigenvalue weighted by molar-refractivity contribution is -0.156. The summed E-state index contributed by atoms with van der Waals surface area (Å²) in [6.07, 6.45) is -4.69. The van der Waals surface area contributed by atoms with Gasteiger partial charge in [0.25, 0.3) is 0 Å². The highest BCUT2D eigenvalue weighted by atomic mass is 19.4. The minimum atomic E-state index is -4.69. The Hall–Kier alpha value is -3.36. The molecular formula is C17H11F3N4O2. The summed E-state index contributed by atoms with van der Waals surface area (Å²) in [5, 5.41) is 6.58. The van der Waals surface area contributed by atoms with Crippen molar-refractivity contribution < 1.29 is 17.6 Å². The second kappa shape index (κ2) is 5.58. The highest BCUT2D eigenvalue weighted by molar-refractivity contribution is 5.84. The zero-order valence-corrected chi connectivity index (χ0v) is 13.3. The summed E-state index contributed by atoms with van der Waals surface area (Å²) >= 11 is 0. The third-order valence-electron chi connectivity index (χ3n) is 4.06. The van der Waals surface area contributed by atoms with Crippen molar-refractivity contribution in [3.05, 3.63) is 58.3 Å². The standard InChI is InChI=1S/C17H11F3N4O2/c1-8-10(9-5-6-12-13(7-9)22-16(25)21-12)3-2-4-11(8)14-23-24-15(26-14)17(18,19)20/h2-7H,1H3,(H2,21,22,25). The minimum Gasteiger partial charge on any atom is -0.413 e. The lowest BCUT2D eigenvalue weighted by Gasteiger charge is -2.09. The Morgan fingerprint density at radius 1 is 1.00 bits per heavy atom. The molecule has 0 saturated carbocycles. The molecule has 0 fully saturated rings. The van der Waals surface area contributed by atoms with E-state index in [2.05, 4.69) is 20.2 Å². The Bertz CT molecular complexity index is 1170. The van der Waals surface area contributed by atoms with E-state index in [0.29, 0.717) is 22.2 Å². The van der Waals surface area contributed by atoms with Crippen molar-refractivity contribution in [2.45, 2.75) is 13.1 Å². The van der Waals surface area contributed by atoms with Gasteiger partial charge in [-0.3, -0.25) is 0 Å². The SMILES string of the molecule is Cc1c(-c2ccc3[nH]c(=O)[nH]c3c2)cccc1-c1nnc(C(F)(F)F)o1. The maximum atomic E-state index is 12.7. The van der Waals surface area contributed by atoms with E-state index in [1.54, 1.807) is 31.2 Å². The van der Waals surface area contributed by atoms with E-state index in [1.165, 1.54) is 0 Å². The van der Waals surface area contributed by atoms with Gasteiger partial charge in [-0.25, -0.2) is 4.79 Å². The predicted molar refractivity (Wildman–Crippen MR) is 87.4 cm³/mol. The average Bonchev–Trinajstić information content (AvgIpc) is 3.19. The Morgan fingerprint density at radius 3 is 2.46 bits per heavy atom. The quantitative estimate of drug-likeness (QED) is 0.567. The fourth-order valence-electron chi connectivity index (χ4n) is 2.83. The van der Waals surface area contributed by atoms with Crippen LogP contribution in [0.2, 0.25) is 0 Å². The van der Waals surface area contributed by atoms with E-state index in [0.717, 1.165) is 11.1 Å². The summed E-state index contributed by atoms with van der Waals surface area (Å²) in [7, 11) is 0. The highest BCUT2D eigenvalue weighted by Gasteiger charge is 2.38. The fourth-order valence-corrected chi connectivity index (χ4v) is 2.83. The van der Waals surface area contributed by atoms with Crippen LogP contribution >= 0.6 is 0 Å². The molecular weight excluding hydrogens is 349 g/mol. The molecule has 0 amide bonds. The Balaban J connectivity index is 1.82. The lowest BCUT2D eigenvalue weighted by atomic mass is 9.96. The van der Waals surface area contributed by atoms with E-state index in [9.17, 15) is 18.0 Å². The number of fused-ring (bicyclic) bond motifs is 1. The lowest BCUT2D eigenvalue weighted by Crippen LogP contribution is -2.04. The number of hydrogen-bond donors (Lipinski definition) is 2. The fraction of sp³-hybridized carbons (Fsp3) is 0.118. The van der Waals surface area contributed by atoms with Gasteiger partial charge in [0.15, 0.2) is 0 Å². The monoisotopic (exact) mass is 360 g/mol. The smallest absolute Gasteiger partial charge is 0.413 e. The van der Waals surface area contributed by atoms with Gasteiger partial charge in [0.05, 0.1) is 11.0 Å². The molecule has 0 bridgehead atoms. The van der Waals surface area contributed by atoms with Gasteiger partial charge in [0.2, 0.25) is 5.89 Å². The molecule has 2 aromatic carbocycles. The van der Waals surface area contributed by atoms with Gasteiger partial charge in [0.1, 0.15) is 0 Å². The molecule has 26 heavy (non-hydrogen) atoms. The first-order chi connectivity index (χ1) is 12.3. The van der Waals surface area contributed by atoms with Crippen LogP contribution in [-0.2, 0) is 6.18 Å². The summed E-state index contributed by atoms with van der Waals surface area (Å²) in [6, 6.07) is 10.5. The van der Waals surface area contributed by atoms with Gasteiger partial charge in [0, 0.05) is 5.56 Å². The van der Waals surface area contributed by atoms with Crippen LogP contribution in [0, 0.1) is 6.92 Å². The Morgan fingerprint density at radius 2 is 1.73 bits per heavy atom. The van der Waals surface area contributed by atoms with Crippen LogP contribution in [0.15, 0.2) is 45.6 Å². The van der Waals surface area contributed by atoms with E-state index >= 15 is 0 Å². The van der Waals surface area contributed by atoms with E-state index in [1.807, 2.05) is 12.1 Å². The number of H-pyrrole nitrogens is 2. The van der Waals surface area contributed by atoms with Crippen LogP contribution in [-0.4, -0.2) is 20.2 Å². The van der Waals surface area contributed by atoms with Gasteiger partial charge in [-0.15, -0.1) is 10.2 Å². The number of benzene rings is 2. The number of rotatable bonds is 2. The number of halogens is 3. The van der Waals surface area contributed by atoms with Crippen molar-refractivity contribution >= 4 is 11.0 Å². The summed E-state index contributed by atoms with van der Waals surface area (Å²) in [5.41, 5.74) is 3.65. The number of aromatic amines is 2. The summed E-state index contributed by atoms with van der Waals surface area (Å²) in [5.74, 6) is -1.59. The molecule has 0 aliphatic carbocycles. The number of imidazole rings is 1. The molecule has 0 aliphatic rings. The molecule has 0 atom stereocenters. The second-order valence-corrected chi connectivity index (χ2v) is 5.73. The molecule has 2 aromatic heterocycles. The van der Waals surface area contributed by atoms with Crippen LogP contribution < -0.4 is 5.69 Å².